The number of hydrogen-bond donors (Lipinski definition) is 0. The highest BCUT2D eigenvalue weighted by atomic mass is 16.6. The normalized spacial score (nSPS) is 12.9. The van der Waals surface area contributed by atoms with Crippen LogP contribution < -0.4 is 0 Å². The average Bonchev–Trinajstić information content (AvgIpc) is 3.37. The number of allylic oxidation sites excluding steroid dienone is 18. The molecule has 0 N–H and O–H groups in total. The van der Waals surface area contributed by atoms with Crippen molar-refractivity contribution in [1.29, 1.82) is 0 Å². The van der Waals surface area contributed by atoms with Crippen molar-refractivity contribution < 1.29 is 28.6 Å². The van der Waals surface area contributed by atoms with Crippen LogP contribution in [0.15, 0.2) is 109 Å². The monoisotopic (exact) mass is 985 g/mol. The number of ether oxygens (including phenoxy) is 3. The summed E-state index contributed by atoms with van der Waals surface area (Å²) in [6.45, 7) is 6.42. The summed E-state index contributed by atoms with van der Waals surface area (Å²) in [6, 6.07) is 0. The molecule has 6 nitrogen and oxygen atoms in total. The summed E-state index contributed by atoms with van der Waals surface area (Å²) in [5, 5.41) is 0. The van der Waals surface area contributed by atoms with Crippen molar-refractivity contribution in [3.63, 3.8) is 0 Å². The molecule has 0 aliphatic heterocycles. The van der Waals surface area contributed by atoms with Crippen LogP contribution in [0.4, 0.5) is 0 Å². The minimum Gasteiger partial charge on any atom is -0.462 e. The van der Waals surface area contributed by atoms with Gasteiger partial charge in [0.25, 0.3) is 0 Å². The summed E-state index contributed by atoms with van der Waals surface area (Å²) < 4.78 is 16.8. The van der Waals surface area contributed by atoms with Crippen molar-refractivity contribution in [3.8, 4) is 0 Å². The Morgan fingerprint density at radius 1 is 0.296 bits per heavy atom. The lowest BCUT2D eigenvalue weighted by Gasteiger charge is -2.18. The lowest BCUT2D eigenvalue weighted by atomic mass is 10.1. The molecule has 0 bridgehead atoms. The molecule has 6 heteroatoms. The van der Waals surface area contributed by atoms with Crippen LogP contribution in [0.2, 0.25) is 0 Å². The minimum atomic E-state index is -0.793. The lowest BCUT2D eigenvalue weighted by molar-refractivity contribution is -0.167. The van der Waals surface area contributed by atoms with Gasteiger partial charge in [-0.2, -0.15) is 0 Å². The van der Waals surface area contributed by atoms with Gasteiger partial charge >= 0.3 is 17.9 Å². The third-order valence-corrected chi connectivity index (χ3v) is 12.2. The standard InChI is InChI=1S/C65H108O6/c1-4-7-10-13-16-19-22-24-26-28-29-30-31-32-33-34-35-36-37-38-40-41-43-46-49-52-55-58-64(67)70-61-62(60-69-63(66)57-54-51-48-45-21-18-15-12-9-6-3)71-65(68)59-56-53-50-47-44-42-39-27-25-23-20-17-14-11-8-5-2/h7,10,12,15-16,19-20,23-24,26-27,29-30,32-33,35-36,39,62H,4-6,8-9,11,13-14,17-18,21-22,25,28,31,34,37-38,40-61H2,1-3H3/b10-7-,15-12-,19-16-,23-20-,26-24-,30-29-,33-32-,36-35-,39-27-. The molecular weight excluding hydrogens is 877 g/mol. The van der Waals surface area contributed by atoms with Gasteiger partial charge in [-0.05, 0) is 122 Å². The highest BCUT2D eigenvalue weighted by molar-refractivity contribution is 5.71. The van der Waals surface area contributed by atoms with Crippen LogP contribution >= 0.6 is 0 Å². The van der Waals surface area contributed by atoms with Crippen LogP contribution in [0.5, 0.6) is 0 Å². The van der Waals surface area contributed by atoms with Crippen molar-refractivity contribution in [1.82, 2.24) is 0 Å². The maximum atomic E-state index is 12.8. The van der Waals surface area contributed by atoms with Gasteiger partial charge in [-0.3, -0.25) is 14.4 Å². The van der Waals surface area contributed by atoms with Gasteiger partial charge < -0.3 is 14.2 Å². The molecule has 0 aliphatic rings. The summed E-state index contributed by atoms with van der Waals surface area (Å²) in [5.74, 6) is -0.924. The fourth-order valence-electron chi connectivity index (χ4n) is 7.83. The van der Waals surface area contributed by atoms with Gasteiger partial charge in [0.05, 0.1) is 0 Å². The van der Waals surface area contributed by atoms with Crippen molar-refractivity contribution in [2.24, 2.45) is 0 Å². The predicted molar refractivity (Wildman–Crippen MR) is 307 cm³/mol. The Morgan fingerprint density at radius 3 is 0.930 bits per heavy atom. The smallest absolute Gasteiger partial charge is 0.306 e. The zero-order valence-electron chi connectivity index (χ0n) is 46.2. The SMILES string of the molecule is CC/C=C\C/C=C\C/C=C\C/C=C\C/C=C\C/C=C\CCCCCCCCCCC(=O)OCC(COC(=O)CCCCCCC/C=C\CCC)OC(=O)CCCCCCC/C=C\C/C=C\CCCCCC. The highest BCUT2D eigenvalue weighted by Crippen LogP contribution is 2.14. The molecule has 0 saturated heterocycles. The zero-order valence-corrected chi connectivity index (χ0v) is 46.2. The summed E-state index contributed by atoms with van der Waals surface area (Å²) in [5.41, 5.74) is 0. The van der Waals surface area contributed by atoms with Crippen LogP contribution in [0.25, 0.3) is 0 Å². The van der Waals surface area contributed by atoms with Crippen molar-refractivity contribution >= 4 is 17.9 Å². The Bertz CT molecular complexity index is 1460. The Balaban J connectivity index is 4.30. The van der Waals surface area contributed by atoms with Crippen LogP contribution in [0.3, 0.4) is 0 Å². The third-order valence-electron chi connectivity index (χ3n) is 12.2. The second-order valence-electron chi connectivity index (χ2n) is 19.2. The maximum Gasteiger partial charge on any atom is 0.306 e. The number of carbonyl (C=O) groups is 3. The molecule has 0 amide bonds. The van der Waals surface area contributed by atoms with Crippen LogP contribution in [0.1, 0.15) is 265 Å². The molecule has 71 heavy (non-hydrogen) atoms. The lowest BCUT2D eigenvalue weighted by Crippen LogP contribution is -2.30. The van der Waals surface area contributed by atoms with Gasteiger partial charge in [0.2, 0.25) is 0 Å². The van der Waals surface area contributed by atoms with Crippen molar-refractivity contribution in [3.05, 3.63) is 109 Å². The first-order valence-corrected chi connectivity index (χ1v) is 29.4. The molecule has 0 heterocycles. The molecule has 0 aromatic carbocycles. The second kappa shape index (κ2) is 58.6. The molecule has 1 unspecified atom stereocenters. The van der Waals surface area contributed by atoms with E-state index in [0.717, 1.165) is 148 Å². The van der Waals surface area contributed by atoms with E-state index < -0.39 is 6.10 Å². The molecular formula is C65H108O6. The topological polar surface area (TPSA) is 78.9 Å². The number of unbranched alkanes of at least 4 members (excludes halogenated alkanes) is 23. The summed E-state index contributed by atoms with van der Waals surface area (Å²) >= 11 is 0. The molecule has 0 saturated carbocycles. The molecule has 0 fully saturated rings. The molecule has 0 rings (SSSR count). The number of carbonyl (C=O) groups excluding carboxylic acids is 3. The van der Waals surface area contributed by atoms with Gasteiger partial charge in [-0.15, -0.1) is 0 Å². The largest absolute Gasteiger partial charge is 0.462 e. The number of hydrogen-bond acceptors (Lipinski definition) is 6. The number of esters is 3. The fourth-order valence-corrected chi connectivity index (χ4v) is 7.83. The molecule has 1 atom stereocenters. The van der Waals surface area contributed by atoms with E-state index in [2.05, 4.69) is 130 Å². The third kappa shape index (κ3) is 56.9. The first-order chi connectivity index (χ1) is 35.0. The molecule has 404 valence electrons. The van der Waals surface area contributed by atoms with Crippen LogP contribution in [-0.2, 0) is 28.6 Å². The summed E-state index contributed by atoms with van der Waals surface area (Å²) in [6.07, 6.45) is 79.4. The van der Waals surface area contributed by atoms with Gasteiger partial charge in [-0.1, -0.05) is 233 Å². The van der Waals surface area contributed by atoms with Crippen LogP contribution in [0, 0.1) is 0 Å². The maximum absolute atomic E-state index is 12.8. The summed E-state index contributed by atoms with van der Waals surface area (Å²) in [4.78, 5) is 38.1. The molecule has 0 radical (unpaired) electrons. The molecule has 0 aromatic heterocycles. The first-order valence-electron chi connectivity index (χ1n) is 29.4. The second-order valence-corrected chi connectivity index (χ2v) is 19.2. The Morgan fingerprint density at radius 2 is 0.577 bits per heavy atom. The van der Waals surface area contributed by atoms with Gasteiger partial charge in [0, 0.05) is 19.3 Å². The highest BCUT2D eigenvalue weighted by Gasteiger charge is 2.19. The van der Waals surface area contributed by atoms with E-state index in [-0.39, 0.29) is 31.1 Å². The van der Waals surface area contributed by atoms with Gasteiger partial charge in [0.1, 0.15) is 13.2 Å². The van der Waals surface area contributed by atoms with E-state index in [1.165, 1.54) is 77.0 Å². The Hall–Kier alpha value is -3.93. The molecule has 0 spiro atoms. The van der Waals surface area contributed by atoms with Crippen molar-refractivity contribution in [2.45, 2.75) is 271 Å². The van der Waals surface area contributed by atoms with Gasteiger partial charge in [-0.25, -0.2) is 0 Å². The zero-order chi connectivity index (χ0) is 51.4. The average molecular weight is 986 g/mol. The Kier molecular flexibility index (Phi) is 55.4. The quantitative estimate of drug-likeness (QED) is 0.0261. The fraction of sp³-hybridized carbons (Fsp3) is 0.677. The predicted octanol–water partition coefficient (Wildman–Crippen LogP) is 19.9. The van der Waals surface area contributed by atoms with E-state index in [1.807, 2.05) is 0 Å². The Labute approximate surface area is 438 Å². The van der Waals surface area contributed by atoms with Gasteiger partial charge in [0.15, 0.2) is 6.10 Å². The van der Waals surface area contributed by atoms with Crippen molar-refractivity contribution in [2.75, 3.05) is 13.2 Å². The van der Waals surface area contributed by atoms with E-state index >= 15 is 0 Å². The summed E-state index contributed by atoms with van der Waals surface area (Å²) in [7, 11) is 0. The number of rotatable bonds is 52. The van der Waals surface area contributed by atoms with E-state index in [4.69, 9.17) is 14.2 Å². The van der Waals surface area contributed by atoms with E-state index in [0.29, 0.717) is 19.3 Å². The minimum absolute atomic E-state index is 0.0917. The molecule has 0 aliphatic carbocycles. The van der Waals surface area contributed by atoms with Crippen LogP contribution in [-0.4, -0.2) is 37.2 Å². The van der Waals surface area contributed by atoms with E-state index in [9.17, 15) is 14.4 Å². The first kappa shape index (κ1) is 67.1. The molecule has 0 aromatic rings. The van der Waals surface area contributed by atoms with E-state index in [1.54, 1.807) is 0 Å².